The van der Waals surface area contributed by atoms with Crippen LogP contribution in [0.2, 0.25) is 5.02 Å². The van der Waals surface area contributed by atoms with E-state index in [0.717, 1.165) is 23.2 Å². The fourth-order valence-corrected chi connectivity index (χ4v) is 4.06. The molecule has 0 unspecified atom stereocenters. The molecule has 6 nitrogen and oxygen atoms in total. The number of nitrogens with zero attached hydrogens (tertiary/aromatic N) is 1. The Morgan fingerprint density at radius 2 is 1.71 bits per heavy atom. The number of halogens is 2. The molecule has 2 aromatic carbocycles. The van der Waals surface area contributed by atoms with Gasteiger partial charge in [0.1, 0.15) is 17.9 Å². The Labute approximate surface area is 213 Å². The van der Waals surface area contributed by atoms with E-state index in [0.29, 0.717) is 39.7 Å². The molecule has 0 aliphatic carbocycles. The van der Waals surface area contributed by atoms with Gasteiger partial charge in [0.15, 0.2) is 24.7 Å². The molecule has 0 saturated carbocycles. The van der Waals surface area contributed by atoms with Gasteiger partial charge in [-0.25, -0.2) is 4.57 Å². The molecule has 4 rings (SSSR count). The summed E-state index contributed by atoms with van der Waals surface area (Å²) in [6.45, 7) is 3.33. The van der Waals surface area contributed by atoms with Gasteiger partial charge >= 0.3 is 0 Å². The maximum Gasteiger partial charge on any atom is 0.235 e. The highest BCUT2D eigenvalue weighted by molar-refractivity contribution is 6.32. The van der Waals surface area contributed by atoms with E-state index in [9.17, 15) is 4.79 Å². The molecule has 0 saturated heterocycles. The molecule has 0 spiro atoms. The highest BCUT2D eigenvalue weighted by Gasteiger charge is 2.21. The van der Waals surface area contributed by atoms with E-state index in [1.165, 1.54) is 7.11 Å². The van der Waals surface area contributed by atoms with E-state index >= 15 is 0 Å². The molecule has 0 aliphatic heterocycles. The summed E-state index contributed by atoms with van der Waals surface area (Å²) in [6.07, 6.45) is 3.96. The number of pyridine rings is 1. The summed E-state index contributed by atoms with van der Waals surface area (Å²) in [5.41, 5.74) is 3.57. The predicted octanol–water partition coefficient (Wildman–Crippen LogP) is 2.04. The van der Waals surface area contributed by atoms with Crippen molar-refractivity contribution in [2.75, 3.05) is 27.9 Å². The summed E-state index contributed by atoms with van der Waals surface area (Å²) in [5, 5.41) is 0.869. The molecule has 0 radical (unpaired) electrons. The van der Waals surface area contributed by atoms with Gasteiger partial charge in [0, 0.05) is 30.4 Å². The molecule has 0 atom stereocenters. The minimum Gasteiger partial charge on any atom is -1.00 e. The van der Waals surface area contributed by atoms with Crippen LogP contribution in [0.15, 0.2) is 64.1 Å². The van der Waals surface area contributed by atoms with E-state index in [2.05, 4.69) is 0 Å². The fraction of sp³-hybridized carbons (Fsp3) is 0.231. The monoisotopic (exact) mass is 545 g/mol. The average molecular weight is 547 g/mol. The van der Waals surface area contributed by atoms with Crippen molar-refractivity contribution in [2.45, 2.75) is 13.5 Å². The minimum absolute atomic E-state index is 0. The molecule has 0 N–H and O–H groups in total. The molecule has 0 bridgehead atoms. The van der Waals surface area contributed by atoms with Crippen LogP contribution in [0.4, 0.5) is 0 Å². The third-order valence-corrected chi connectivity index (χ3v) is 5.76. The third-order valence-electron chi connectivity index (χ3n) is 5.47. The number of aromatic nitrogens is 1. The first-order chi connectivity index (χ1) is 16.0. The Balaban J connectivity index is 0.00000324. The van der Waals surface area contributed by atoms with Crippen molar-refractivity contribution >= 4 is 22.6 Å². The second-order valence-corrected chi connectivity index (χ2v) is 8.06. The molecular formula is C26H25BrClNO5. The van der Waals surface area contributed by atoms with Gasteiger partial charge in [0.25, 0.3) is 0 Å². The quantitative estimate of drug-likeness (QED) is 0.332. The van der Waals surface area contributed by atoms with E-state index in [-0.39, 0.29) is 28.2 Å². The van der Waals surface area contributed by atoms with Crippen LogP contribution >= 0.6 is 11.6 Å². The lowest BCUT2D eigenvalue weighted by Crippen LogP contribution is -3.00. The Morgan fingerprint density at radius 1 is 0.971 bits per heavy atom. The topological polar surface area (TPSA) is 61.8 Å². The molecule has 8 heteroatoms. The molecule has 2 heterocycles. The number of rotatable bonds is 7. The number of hydrogen-bond donors (Lipinski definition) is 0. The Hall–Kier alpha value is -2.87. The summed E-state index contributed by atoms with van der Waals surface area (Å²) in [6, 6.07) is 13.0. The number of aryl methyl sites for hydroxylation is 1. The maximum absolute atomic E-state index is 13.4. The van der Waals surface area contributed by atoms with Crippen LogP contribution in [0.5, 0.6) is 11.5 Å². The van der Waals surface area contributed by atoms with E-state index in [1.54, 1.807) is 32.4 Å². The first-order valence-corrected chi connectivity index (χ1v) is 10.8. The largest absolute Gasteiger partial charge is 1.00 e. The van der Waals surface area contributed by atoms with Crippen molar-refractivity contribution in [1.29, 1.82) is 0 Å². The van der Waals surface area contributed by atoms with Crippen molar-refractivity contribution < 1.29 is 40.2 Å². The van der Waals surface area contributed by atoms with Gasteiger partial charge in [-0.3, -0.25) is 4.79 Å². The summed E-state index contributed by atoms with van der Waals surface area (Å²) < 4.78 is 24.3. The molecule has 0 fully saturated rings. The Bertz CT molecular complexity index is 1370. The average Bonchev–Trinajstić information content (AvgIpc) is 2.83. The second-order valence-electron chi connectivity index (χ2n) is 7.65. The normalized spacial score (nSPS) is 10.7. The van der Waals surface area contributed by atoms with Crippen LogP contribution in [0, 0.1) is 6.92 Å². The number of methoxy groups -OCH3 is 3. The van der Waals surface area contributed by atoms with Gasteiger partial charge in [0.05, 0.1) is 24.6 Å². The van der Waals surface area contributed by atoms with Crippen LogP contribution in [0.1, 0.15) is 5.56 Å². The van der Waals surface area contributed by atoms with Crippen molar-refractivity contribution in [3.8, 4) is 33.9 Å². The summed E-state index contributed by atoms with van der Waals surface area (Å²) >= 11 is 6.34. The van der Waals surface area contributed by atoms with Crippen LogP contribution in [0.25, 0.3) is 33.4 Å². The van der Waals surface area contributed by atoms with Crippen molar-refractivity contribution in [3.63, 3.8) is 0 Å². The van der Waals surface area contributed by atoms with Crippen molar-refractivity contribution in [3.05, 3.63) is 75.7 Å². The van der Waals surface area contributed by atoms with Crippen molar-refractivity contribution in [2.24, 2.45) is 0 Å². The highest BCUT2D eigenvalue weighted by atomic mass is 79.9. The van der Waals surface area contributed by atoms with Gasteiger partial charge in [-0.15, -0.1) is 0 Å². The molecule has 4 aromatic rings. The van der Waals surface area contributed by atoms with Gasteiger partial charge < -0.3 is 35.6 Å². The van der Waals surface area contributed by atoms with Crippen molar-refractivity contribution in [1.82, 2.24) is 0 Å². The summed E-state index contributed by atoms with van der Waals surface area (Å²) in [7, 11) is 4.68. The minimum atomic E-state index is -0.239. The molecule has 2 aromatic heterocycles. The molecular weight excluding hydrogens is 522 g/mol. The number of fused-ring (bicyclic) bond motifs is 1. The highest BCUT2D eigenvalue weighted by Crippen LogP contribution is 2.38. The van der Waals surface area contributed by atoms with E-state index in [1.807, 2.05) is 48.1 Å². The van der Waals surface area contributed by atoms with Gasteiger partial charge in [-0.1, -0.05) is 11.6 Å². The summed E-state index contributed by atoms with van der Waals surface area (Å²) in [4.78, 5) is 13.4. The molecule has 0 aliphatic rings. The predicted molar refractivity (Wildman–Crippen MR) is 128 cm³/mol. The van der Waals surface area contributed by atoms with E-state index in [4.69, 9.17) is 30.2 Å². The first kappa shape index (κ1) is 25.7. The lowest BCUT2D eigenvalue weighted by atomic mass is 10.00. The number of ether oxygens (including phenoxy) is 3. The lowest BCUT2D eigenvalue weighted by molar-refractivity contribution is -0.698. The van der Waals surface area contributed by atoms with Gasteiger partial charge in [-0.2, -0.15) is 0 Å². The lowest BCUT2D eigenvalue weighted by Gasteiger charge is -2.13. The van der Waals surface area contributed by atoms with Crippen LogP contribution in [-0.4, -0.2) is 27.9 Å². The summed E-state index contributed by atoms with van der Waals surface area (Å²) in [5.74, 6) is 0.978. The zero-order valence-electron chi connectivity index (χ0n) is 19.4. The zero-order valence-corrected chi connectivity index (χ0v) is 21.7. The molecule has 34 heavy (non-hydrogen) atoms. The molecule has 178 valence electrons. The molecule has 0 amide bonds. The fourth-order valence-electron chi connectivity index (χ4n) is 3.81. The maximum atomic E-state index is 13.4. The number of hydrogen-bond acceptors (Lipinski definition) is 5. The SMILES string of the molecule is COCC[n+]1ccc(-c2cc(C)cc3c(=O)c(OC)c(-c4ccc(OC)c(Cl)c4)oc23)cc1.[Br-]. The standard InChI is InChI=1S/C26H25ClNO5.BrH/c1-16-13-19(17-7-9-28(10-8-17)11-12-30-2)25-20(14-16)23(29)26(32-4)24(33-25)18-5-6-22(31-3)21(27)15-18;/h5-10,13-15H,11-12H2,1-4H3;1H/q+1;/p-1. The van der Waals surface area contributed by atoms with Crippen LogP contribution < -0.4 is 36.5 Å². The third kappa shape index (κ3) is 4.97. The van der Waals surface area contributed by atoms with Gasteiger partial charge in [-0.05, 0) is 48.4 Å². The first-order valence-electron chi connectivity index (χ1n) is 10.4. The van der Waals surface area contributed by atoms with Crippen LogP contribution in [0.3, 0.4) is 0 Å². The Morgan fingerprint density at radius 3 is 2.32 bits per heavy atom. The van der Waals surface area contributed by atoms with Gasteiger partial charge in [0.2, 0.25) is 11.2 Å². The Kier molecular flexibility index (Phi) is 8.36. The van der Waals surface area contributed by atoms with Crippen LogP contribution in [-0.2, 0) is 11.3 Å². The van der Waals surface area contributed by atoms with E-state index < -0.39 is 0 Å². The second kappa shape index (κ2) is 11.0. The number of benzene rings is 2. The zero-order chi connectivity index (χ0) is 23.5. The smallest absolute Gasteiger partial charge is 0.235 e.